The number of carbonyl (C=O) groups excluding carboxylic acids is 1. The molecule has 2 aliphatic rings. The van der Waals surface area contributed by atoms with Crippen LogP contribution in [0.1, 0.15) is 49.4 Å². The topological polar surface area (TPSA) is 78.2 Å². The van der Waals surface area contributed by atoms with E-state index in [-0.39, 0.29) is 18.7 Å². The third kappa shape index (κ3) is 3.98. The fourth-order valence-corrected chi connectivity index (χ4v) is 5.10. The summed E-state index contributed by atoms with van der Waals surface area (Å²) >= 11 is 0. The molecular weight excluding hydrogens is 420 g/mol. The smallest absolute Gasteiger partial charge is 0.409 e. The van der Waals surface area contributed by atoms with E-state index in [1.165, 1.54) is 12.7 Å². The maximum absolute atomic E-state index is 11.8. The molecule has 2 aliphatic heterocycles. The zero-order valence-corrected chi connectivity index (χ0v) is 19.3. The van der Waals surface area contributed by atoms with Crippen LogP contribution in [0.25, 0.3) is 5.65 Å². The summed E-state index contributed by atoms with van der Waals surface area (Å²) < 4.78 is 18.8. The number of likely N-dealkylation sites (tertiary alicyclic amines) is 1. The van der Waals surface area contributed by atoms with Crippen LogP contribution in [0, 0.1) is 0 Å². The average Bonchev–Trinajstić information content (AvgIpc) is 3.26. The summed E-state index contributed by atoms with van der Waals surface area (Å²) in [4.78, 5) is 18.3. The van der Waals surface area contributed by atoms with Gasteiger partial charge in [-0.1, -0.05) is 30.3 Å². The maximum Gasteiger partial charge on any atom is 0.409 e. The van der Waals surface area contributed by atoms with Crippen LogP contribution in [-0.2, 0) is 26.0 Å². The van der Waals surface area contributed by atoms with Gasteiger partial charge in [0.1, 0.15) is 0 Å². The van der Waals surface area contributed by atoms with Gasteiger partial charge in [-0.2, -0.15) is 5.10 Å². The SMILES string of the molecule is COC(=O)N1CCC(c2cnn3c(C(C)(Cc4ccccc4)C4OC(C)O4)ccnc23)CC1. The van der Waals surface area contributed by atoms with E-state index in [2.05, 4.69) is 31.2 Å². The minimum atomic E-state index is -0.452. The fraction of sp³-hybridized carbons (Fsp3) is 0.480. The third-order valence-corrected chi connectivity index (χ3v) is 6.95. The molecule has 4 heterocycles. The van der Waals surface area contributed by atoms with Gasteiger partial charge < -0.3 is 19.1 Å². The summed E-state index contributed by atoms with van der Waals surface area (Å²) in [5.74, 6) is 0.294. The van der Waals surface area contributed by atoms with Crippen molar-refractivity contribution in [1.82, 2.24) is 19.5 Å². The molecule has 1 aromatic carbocycles. The highest BCUT2D eigenvalue weighted by Crippen LogP contribution is 2.40. The lowest BCUT2D eigenvalue weighted by atomic mass is 9.78. The summed E-state index contributed by atoms with van der Waals surface area (Å²) in [5.41, 5.74) is 3.74. The second-order valence-electron chi connectivity index (χ2n) is 9.15. The molecule has 2 saturated heterocycles. The van der Waals surface area contributed by atoms with Crippen LogP contribution < -0.4 is 0 Å². The van der Waals surface area contributed by atoms with Crippen molar-refractivity contribution in [2.75, 3.05) is 20.2 Å². The number of hydrogen-bond acceptors (Lipinski definition) is 6. The molecule has 2 aromatic heterocycles. The van der Waals surface area contributed by atoms with E-state index in [4.69, 9.17) is 24.3 Å². The number of amides is 1. The van der Waals surface area contributed by atoms with Crippen molar-refractivity contribution >= 4 is 11.7 Å². The lowest BCUT2D eigenvalue weighted by molar-refractivity contribution is -0.396. The molecule has 8 nitrogen and oxygen atoms in total. The van der Waals surface area contributed by atoms with Crippen molar-refractivity contribution in [1.29, 1.82) is 0 Å². The molecule has 0 radical (unpaired) electrons. The second-order valence-corrected chi connectivity index (χ2v) is 9.15. The highest BCUT2D eigenvalue weighted by molar-refractivity contribution is 5.67. The van der Waals surface area contributed by atoms with Crippen molar-refractivity contribution in [3.63, 3.8) is 0 Å². The predicted molar refractivity (Wildman–Crippen MR) is 122 cm³/mol. The number of rotatable bonds is 5. The van der Waals surface area contributed by atoms with Gasteiger partial charge in [-0.05, 0) is 50.7 Å². The molecule has 174 valence electrons. The van der Waals surface area contributed by atoms with Gasteiger partial charge in [0.25, 0.3) is 0 Å². The van der Waals surface area contributed by atoms with Crippen LogP contribution in [0.4, 0.5) is 4.79 Å². The summed E-state index contributed by atoms with van der Waals surface area (Å²) in [6, 6.07) is 12.4. The van der Waals surface area contributed by atoms with Crippen molar-refractivity contribution in [3.05, 3.63) is 65.6 Å². The Balaban J connectivity index is 1.48. The van der Waals surface area contributed by atoms with Gasteiger partial charge in [0.15, 0.2) is 18.2 Å². The van der Waals surface area contributed by atoms with E-state index in [9.17, 15) is 4.79 Å². The van der Waals surface area contributed by atoms with Gasteiger partial charge >= 0.3 is 6.09 Å². The number of piperidine rings is 1. The van der Waals surface area contributed by atoms with Crippen LogP contribution in [0.5, 0.6) is 0 Å². The molecule has 2 fully saturated rings. The fourth-order valence-electron chi connectivity index (χ4n) is 5.10. The average molecular weight is 451 g/mol. The molecule has 0 N–H and O–H groups in total. The van der Waals surface area contributed by atoms with Crippen LogP contribution >= 0.6 is 0 Å². The Bertz CT molecular complexity index is 1120. The minimum Gasteiger partial charge on any atom is -0.453 e. The predicted octanol–water partition coefficient (Wildman–Crippen LogP) is 3.89. The Morgan fingerprint density at radius 3 is 2.58 bits per heavy atom. The van der Waals surface area contributed by atoms with E-state index in [0.29, 0.717) is 19.0 Å². The highest BCUT2D eigenvalue weighted by atomic mass is 16.9. The Labute approximate surface area is 193 Å². The molecule has 33 heavy (non-hydrogen) atoms. The highest BCUT2D eigenvalue weighted by Gasteiger charge is 2.47. The lowest BCUT2D eigenvalue weighted by Gasteiger charge is -2.45. The Morgan fingerprint density at radius 2 is 1.91 bits per heavy atom. The number of fused-ring (bicyclic) bond motifs is 1. The van der Waals surface area contributed by atoms with Gasteiger partial charge in [0.2, 0.25) is 0 Å². The summed E-state index contributed by atoms with van der Waals surface area (Å²) in [6.07, 6.45) is 5.40. The van der Waals surface area contributed by atoms with Crippen molar-refractivity contribution < 1.29 is 19.0 Å². The minimum absolute atomic E-state index is 0.212. The second kappa shape index (κ2) is 8.76. The molecule has 1 unspecified atom stereocenters. The van der Waals surface area contributed by atoms with Gasteiger partial charge in [0, 0.05) is 24.8 Å². The molecule has 1 atom stereocenters. The Hall–Kier alpha value is -2.97. The molecule has 5 rings (SSSR count). The zero-order chi connectivity index (χ0) is 23.0. The zero-order valence-electron chi connectivity index (χ0n) is 19.3. The Kier molecular flexibility index (Phi) is 5.80. The normalized spacial score (nSPS) is 23.2. The van der Waals surface area contributed by atoms with Gasteiger partial charge in [-0.25, -0.2) is 14.3 Å². The quantitative estimate of drug-likeness (QED) is 0.587. The lowest BCUT2D eigenvalue weighted by Crippen LogP contribution is -2.53. The Morgan fingerprint density at radius 1 is 1.18 bits per heavy atom. The first kappa shape index (κ1) is 21.9. The molecule has 0 aliphatic carbocycles. The van der Waals surface area contributed by atoms with Gasteiger partial charge in [-0.15, -0.1) is 0 Å². The maximum atomic E-state index is 11.8. The molecule has 3 aromatic rings. The van der Waals surface area contributed by atoms with E-state index in [1.54, 1.807) is 4.90 Å². The van der Waals surface area contributed by atoms with E-state index < -0.39 is 5.41 Å². The first-order valence-electron chi connectivity index (χ1n) is 11.5. The summed E-state index contributed by atoms with van der Waals surface area (Å²) in [7, 11) is 1.42. The number of methoxy groups -OCH3 is 1. The molecule has 0 bridgehead atoms. The summed E-state index contributed by atoms with van der Waals surface area (Å²) in [6.45, 7) is 5.42. The first-order chi connectivity index (χ1) is 16.0. The molecular formula is C25H30N4O4. The van der Waals surface area contributed by atoms with E-state index >= 15 is 0 Å². The van der Waals surface area contributed by atoms with Crippen LogP contribution in [-0.4, -0.2) is 58.4 Å². The van der Waals surface area contributed by atoms with Gasteiger partial charge in [-0.3, -0.25) is 0 Å². The van der Waals surface area contributed by atoms with Crippen molar-refractivity contribution in [2.45, 2.75) is 57.0 Å². The first-order valence-corrected chi connectivity index (χ1v) is 11.5. The third-order valence-electron chi connectivity index (χ3n) is 6.95. The van der Waals surface area contributed by atoms with Crippen LogP contribution in [0.2, 0.25) is 0 Å². The molecule has 0 spiro atoms. The number of ether oxygens (including phenoxy) is 3. The number of aromatic nitrogens is 3. The van der Waals surface area contributed by atoms with E-state index in [0.717, 1.165) is 36.2 Å². The number of hydrogen-bond donors (Lipinski definition) is 0. The van der Waals surface area contributed by atoms with E-state index in [1.807, 2.05) is 36.0 Å². The number of benzene rings is 1. The van der Waals surface area contributed by atoms with Crippen molar-refractivity contribution in [2.24, 2.45) is 0 Å². The standard InChI is InChI=1S/C25H30N4O4/c1-17-32-23(33-17)25(2,15-18-7-5-4-6-8-18)21-9-12-26-22-20(16-27-29(21)22)19-10-13-28(14-11-19)24(30)31-3/h4-9,12,16-17,19,23H,10-11,13-15H2,1-3H3. The molecule has 8 heteroatoms. The van der Waals surface area contributed by atoms with Crippen LogP contribution in [0.3, 0.4) is 0 Å². The monoisotopic (exact) mass is 450 g/mol. The van der Waals surface area contributed by atoms with Gasteiger partial charge in [0.05, 0.1) is 24.4 Å². The number of carbonyl (C=O) groups is 1. The molecule has 0 saturated carbocycles. The van der Waals surface area contributed by atoms with Crippen molar-refractivity contribution in [3.8, 4) is 0 Å². The summed E-state index contributed by atoms with van der Waals surface area (Å²) in [5, 5.41) is 4.77. The largest absolute Gasteiger partial charge is 0.453 e. The van der Waals surface area contributed by atoms with Crippen LogP contribution in [0.15, 0.2) is 48.8 Å². The molecule has 1 amide bonds. The number of nitrogens with zero attached hydrogens (tertiary/aromatic N) is 4.